The van der Waals surface area contributed by atoms with Crippen molar-refractivity contribution in [2.75, 3.05) is 18.5 Å². The van der Waals surface area contributed by atoms with E-state index in [4.69, 9.17) is 21.1 Å². The van der Waals surface area contributed by atoms with Crippen LogP contribution in [0.3, 0.4) is 0 Å². The van der Waals surface area contributed by atoms with Crippen molar-refractivity contribution in [3.63, 3.8) is 0 Å². The largest absolute Gasteiger partial charge is 0.490 e. The number of hydrogen-bond donors (Lipinski definition) is 3. The molecule has 2 aromatic carbocycles. The summed E-state index contributed by atoms with van der Waals surface area (Å²) in [6, 6.07) is 8.99. The van der Waals surface area contributed by atoms with Crippen molar-refractivity contribution in [1.29, 1.82) is 0 Å². The van der Waals surface area contributed by atoms with E-state index in [2.05, 4.69) is 5.32 Å². The van der Waals surface area contributed by atoms with Gasteiger partial charge in [-0.3, -0.25) is 25.0 Å². The summed E-state index contributed by atoms with van der Waals surface area (Å²) in [4.78, 5) is 47.2. The number of nitrogens with one attached hydrogen (secondary N) is 3. The van der Waals surface area contributed by atoms with Crippen LogP contribution in [0.5, 0.6) is 11.5 Å². The van der Waals surface area contributed by atoms with Crippen molar-refractivity contribution in [1.82, 2.24) is 10.6 Å². The van der Waals surface area contributed by atoms with E-state index in [1.54, 1.807) is 43.3 Å². The Labute approximate surface area is 188 Å². The normalized spacial score (nSPS) is 13.2. The molecule has 0 radical (unpaired) electrons. The first kappa shape index (κ1) is 22.8. The lowest BCUT2D eigenvalue weighted by molar-refractivity contribution is -0.124. The number of barbiturate groups is 1. The Morgan fingerprint density at radius 3 is 2.41 bits per heavy atom. The van der Waals surface area contributed by atoms with Crippen LogP contribution < -0.4 is 25.4 Å². The number of amides is 5. The maximum absolute atomic E-state index is 12.2. The molecule has 1 saturated heterocycles. The Kier molecular flexibility index (Phi) is 7.11. The summed E-state index contributed by atoms with van der Waals surface area (Å²) in [7, 11) is 0. The molecule has 0 aliphatic carbocycles. The zero-order valence-corrected chi connectivity index (χ0v) is 18.0. The molecule has 9 nitrogen and oxygen atoms in total. The van der Waals surface area contributed by atoms with Crippen LogP contribution in [0.4, 0.5) is 10.5 Å². The molecular weight excluding hydrogens is 438 g/mol. The Morgan fingerprint density at radius 2 is 1.75 bits per heavy atom. The highest BCUT2D eigenvalue weighted by atomic mass is 35.5. The van der Waals surface area contributed by atoms with Crippen LogP contribution in [0.2, 0.25) is 5.02 Å². The Bertz CT molecular complexity index is 1110. The van der Waals surface area contributed by atoms with Gasteiger partial charge in [0.1, 0.15) is 5.57 Å². The number of carbonyl (C=O) groups is 4. The molecule has 0 aromatic heterocycles. The minimum Gasteiger partial charge on any atom is -0.490 e. The van der Waals surface area contributed by atoms with E-state index < -0.39 is 23.8 Å². The Balaban J connectivity index is 1.71. The van der Waals surface area contributed by atoms with Gasteiger partial charge in [-0.25, -0.2) is 4.79 Å². The first-order valence-electron chi connectivity index (χ1n) is 9.61. The summed E-state index contributed by atoms with van der Waals surface area (Å²) in [5.74, 6) is -1.37. The van der Waals surface area contributed by atoms with Gasteiger partial charge in [0.15, 0.2) is 18.1 Å². The van der Waals surface area contributed by atoms with E-state index in [1.165, 1.54) is 6.08 Å². The molecule has 1 aliphatic heterocycles. The van der Waals surface area contributed by atoms with E-state index in [-0.39, 0.29) is 12.2 Å². The number of rotatable bonds is 7. The predicted molar refractivity (Wildman–Crippen MR) is 118 cm³/mol. The minimum atomic E-state index is -0.873. The van der Waals surface area contributed by atoms with Gasteiger partial charge in [-0.05, 0) is 55.3 Å². The summed E-state index contributed by atoms with van der Waals surface area (Å²) >= 11 is 6.07. The fourth-order valence-corrected chi connectivity index (χ4v) is 2.97. The molecule has 0 unspecified atom stereocenters. The molecule has 1 fully saturated rings. The molecule has 3 rings (SSSR count). The maximum Gasteiger partial charge on any atom is 0.328 e. The zero-order valence-electron chi connectivity index (χ0n) is 17.3. The van der Waals surface area contributed by atoms with Gasteiger partial charge in [0, 0.05) is 10.7 Å². The molecule has 0 atom stereocenters. The molecule has 1 heterocycles. The van der Waals surface area contributed by atoms with Gasteiger partial charge in [-0.15, -0.1) is 0 Å². The predicted octanol–water partition coefficient (Wildman–Crippen LogP) is 2.81. The molecule has 3 N–H and O–H groups in total. The summed E-state index contributed by atoms with van der Waals surface area (Å²) in [6.07, 6.45) is 1.32. The van der Waals surface area contributed by atoms with Gasteiger partial charge in [0.25, 0.3) is 17.7 Å². The van der Waals surface area contributed by atoms with Crippen molar-refractivity contribution < 1.29 is 28.7 Å². The zero-order chi connectivity index (χ0) is 23.3. The fraction of sp³-hybridized carbons (Fsp3) is 0.182. The number of hydrogen-bond acceptors (Lipinski definition) is 6. The third-order valence-electron chi connectivity index (χ3n) is 4.34. The van der Waals surface area contributed by atoms with Gasteiger partial charge in [-0.1, -0.05) is 23.7 Å². The lowest BCUT2D eigenvalue weighted by Crippen LogP contribution is -2.51. The number of aryl methyl sites for hydroxylation is 1. The van der Waals surface area contributed by atoms with E-state index >= 15 is 0 Å². The Morgan fingerprint density at radius 1 is 1.03 bits per heavy atom. The number of imide groups is 2. The minimum absolute atomic E-state index is 0.225. The van der Waals surface area contributed by atoms with Crippen LogP contribution in [0, 0.1) is 6.92 Å². The topological polar surface area (TPSA) is 123 Å². The summed E-state index contributed by atoms with van der Waals surface area (Å²) in [6.45, 7) is 3.67. The standard InChI is InChI=1S/C22H20ClN3O6/c1-3-31-18-9-13(8-15-20(28)25-22(30)26-21(15)29)5-7-17(18)32-11-19(27)24-14-6-4-12(2)16(23)10-14/h4-10H,3,11H2,1-2H3,(H,24,27)(H2,25,26,28,29,30). The number of anilines is 1. The van der Waals surface area contributed by atoms with Gasteiger partial charge < -0.3 is 14.8 Å². The van der Waals surface area contributed by atoms with Crippen molar-refractivity contribution in [2.24, 2.45) is 0 Å². The molecule has 10 heteroatoms. The van der Waals surface area contributed by atoms with Crippen LogP contribution in [0.1, 0.15) is 18.1 Å². The lowest BCUT2D eigenvalue weighted by atomic mass is 10.1. The second-order valence-corrected chi connectivity index (χ2v) is 7.14. The van der Waals surface area contributed by atoms with Gasteiger partial charge in [0.05, 0.1) is 6.61 Å². The van der Waals surface area contributed by atoms with Crippen molar-refractivity contribution in [3.8, 4) is 11.5 Å². The summed E-state index contributed by atoms with van der Waals surface area (Å²) in [5, 5.41) is 7.24. The van der Waals surface area contributed by atoms with E-state index in [0.29, 0.717) is 34.4 Å². The molecule has 0 spiro atoms. The molecule has 0 bridgehead atoms. The number of urea groups is 1. The molecule has 0 saturated carbocycles. The van der Waals surface area contributed by atoms with Crippen molar-refractivity contribution in [2.45, 2.75) is 13.8 Å². The van der Waals surface area contributed by atoms with Gasteiger partial charge >= 0.3 is 6.03 Å². The van der Waals surface area contributed by atoms with E-state index in [1.807, 2.05) is 17.6 Å². The number of halogens is 1. The number of benzene rings is 2. The van der Waals surface area contributed by atoms with Crippen LogP contribution in [0.15, 0.2) is 42.0 Å². The first-order chi connectivity index (χ1) is 15.3. The quantitative estimate of drug-likeness (QED) is 0.434. The third kappa shape index (κ3) is 5.64. The monoisotopic (exact) mass is 457 g/mol. The third-order valence-corrected chi connectivity index (χ3v) is 4.74. The van der Waals surface area contributed by atoms with Crippen molar-refractivity contribution >= 4 is 47.1 Å². The van der Waals surface area contributed by atoms with Gasteiger partial charge in [0.2, 0.25) is 0 Å². The van der Waals surface area contributed by atoms with Gasteiger partial charge in [-0.2, -0.15) is 0 Å². The lowest BCUT2D eigenvalue weighted by Gasteiger charge is -2.15. The molecule has 32 heavy (non-hydrogen) atoms. The highest BCUT2D eigenvalue weighted by molar-refractivity contribution is 6.32. The molecular formula is C22H20ClN3O6. The first-order valence-corrected chi connectivity index (χ1v) is 9.98. The maximum atomic E-state index is 12.2. The average Bonchev–Trinajstić information content (AvgIpc) is 2.73. The summed E-state index contributed by atoms with van der Waals surface area (Å²) < 4.78 is 11.1. The smallest absolute Gasteiger partial charge is 0.328 e. The molecule has 5 amide bonds. The highest BCUT2D eigenvalue weighted by Crippen LogP contribution is 2.30. The number of carbonyl (C=O) groups excluding carboxylic acids is 4. The van der Waals surface area contributed by atoms with E-state index in [9.17, 15) is 19.2 Å². The van der Waals surface area contributed by atoms with Crippen LogP contribution >= 0.6 is 11.6 Å². The fourth-order valence-electron chi connectivity index (χ4n) is 2.79. The van der Waals surface area contributed by atoms with E-state index in [0.717, 1.165) is 5.56 Å². The second kappa shape index (κ2) is 9.97. The van der Waals surface area contributed by atoms with Crippen LogP contribution in [-0.2, 0) is 14.4 Å². The molecule has 1 aliphatic rings. The average molecular weight is 458 g/mol. The van der Waals surface area contributed by atoms with Crippen LogP contribution in [-0.4, -0.2) is 37.0 Å². The second-order valence-electron chi connectivity index (χ2n) is 6.74. The number of ether oxygens (including phenoxy) is 2. The van der Waals surface area contributed by atoms with Crippen LogP contribution in [0.25, 0.3) is 6.08 Å². The SMILES string of the molecule is CCOc1cc(C=C2C(=O)NC(=O)NC2=O)ccc1OCC(=O)Nc1ccc(C)c(Cl)c1. The summed E-state index contributed by atoms with van der Waals surface area (Å²) in [5.41, 5.74) is 1.68. The molecule has 2 aromatic rings. The highest BCUT2D eigenvalue weighted by Gasteiger charge is 2.27. The molecule has 166 valence electrons. The Hall–Kier alpha value is -3.85. The van der Waals surface area contributed by atoms with Crippen molar-refractivity contribution in [3.05, 3.63) is 58.1 Å².